The average molecular weight is 270 g/mol. The van der Waals surface area contributed by atoms with Crippen LogP contribution in [0.5, 0.6) is 0 Å². The Labute approximate surface area is 111 Å². The van der Waals surface area contributed by atoms with Crippen molar-refractivity contribution in [3.05, 3.63) is 11.9 Å². The van der Waals surface area contributed by atoms with Crippen molar-refractivity contribution < 1.29 is 9.53 Å². The van der Waals surface area contributed by atoms with Crippen LogP contribution in [0.15, 0.2) is 11.4 Å². The lowest BCUT2D eigenvalue weighted by Crippen LogP contribution is -2.12. The maximum Gasteiger partial charge on any atom is 0.306 e. The molecule has 0 spiro atoms. The third kappa shape index (κ3) is 4.15. The number of carbonyl (C=O) groups excluding carboxylic acids is 1. The molecule has 0 saturated heterocycles. The summed E-state index contributed by atoms with van der Waals surface area (Å²) in [7, 11) is 1.39. The van der Waals surface area contributed by atoms with Crippen molar-refractivity contribution in [2.24, 2.45) is 5.84 Å². The highest BCUT2D eigenvalue weighted by Gasteiger charge is 2.11. The molecular formula is C11H18N4O2S. The number of hydrogen-bond acceptors (Lipinski definition) is 7. The first-order valence-corrected chi connectivity index (χ1v) is 6.71. The van der Waals surface area contributed by atoms with Crippen LogP contribution in [0.25, 0.3) is 0 Å². The highest BCUT2D eigenvalue weighted by Crippen LogP contribution is 2.26. The fraction of sp³-hybridized carbons (Fsp3) is 0.545. The van der Waals surface area contributed by atoms with Crippen molar-refractivity contribution in [1.82, 2.24) is 9.97 Å². The largest absolute Gasteiger partial charge is 0.469 e. The van der Waals surface area contributed by atoms with Crippen LogP contribution < -0.4 is 11.3 Å². The van der Waals surface area contributed by atoms with Gasteiger partial charge in [0, 0.05) is 11.3 Å². The zero-order chi connectivity index (χ0) is 13.4. The van der Waals surface area contributed by atoms with E-state index in [1.807, 2.05) is 0 Å². The van der Waals surface area contributed by atoms with Gasteiger partial charge in [-0.3, -0.25) is 4.79 Å². The molecule has 6 nitrogen and oxygen atoms in total. The van der Waals surface area contributed by atoms with E-state index in [0.29, 0.717) is 18.0 Å². The lowest BCUT2D eigenvalue weighted by Gasteiger charge is -2.10. The van der Waals surface area contributed by atoms with Crippen LogP contribution >= 0.6 is 11.8 Å². The van der Waals surface area contributed by atoms with E-state index in [2.05, 4.69) is 27.1 Å². The predicted octanol–water partition coefficient (Wildman–Crippen LogP) is 1.37. The quantitative estimate of drug-likeness (QED) is 0.254. The molecule has 0 bridgehead atoms. The summed E-state index contributed by atoms with van der Waals surface area (Å²) >= 11 is 1.51. The van der Waals surface area contributed by atoms with Crippen molar-refractivity contribution in [2.75, 3.05) is 18.3 Å². The number of hydrogen-bond donors (Lipinski definition) is 2. The van der Waals surface area contributed by atoms with E-state index in [1.165, 1.54) is 25.2 Å². The Morgan fingerprint density at radius 1 is 1.56 bits per heavy atom. The SMILES string of the molecule is CCCc1c(NN)ncnc1SCCC(=O)OC. The first-order chi connectivity index (χ1) is 8.72. The van der Waals surface area contributed by atoms with Crippen LogP contribution in [0.3, 0.4) is 0 Å². The molecule has 0 aromatic carbocycles. The fourth-order valence-corrected chi connectivity index (χ4v) is 2.41. The first-order valence-electron chi connectivity index (χ1n) is 5.73. The van der Waals surface area contributed by atoms with Crippen LogP contribution in [-0.2, 0) is 16.0 Å². The second-order valence-electron chi connectivity index (χ2n) is 3.57. The van der Waals surface area contributed by atoms with Gasteiger partial charge in [-0.1, -0.05) is 13.3 Å². The number of anilines is 1. The minimum absolute atomic E-state index is 0.217. The molecule has 0 radical (unpaired) electrons. The van der Waals surface area contributed by atoms with Crippen LogP contribution in [-0.4, -0.2) is 28.8 Å². The number of nitrogens with zero attached hydrogens (tertiary/aromatic N) is 2. The summed E-state index contributed by atoms with van der Waals surface area (Å²) in [6.45, 7) is 2.08. The molecule has 0 amide bonds. The Morgan fingerprint density at radius 3 is 2.94 bits per heavy atom. The molecule has 0 aliphatic heterocycles. The molecule has 100 valence electrons. The van der Waals surface area contributed by atoms with Gasteiger partial charge in [0.15, 0.2) is 0 Å². The second kappa shape index (κ2) is 7.88. The Hall–Kier alpha value is -1.34. The number of methoxy groups -OCH3 is 1. The summed E-state index contributed by atoms with van der Waals surface area (Å²) in [5.41, 5.74) is 3.57. The summed E-state index contributed by atoms with van der Waals surface area (Å²) < 4.78 is 4.59. The van der Waals surface area contributed by atoms with Crippen molar-refractivity contribution in [3.63, 3.8) is 0 Å². The first kappa shape index (κ1) is 14.7. The number of nitrogen functional groups attached to an aromatic ring is 1. The number of nitrogens with two attached hydrogens (primary N) is 1. The van der Waals surface area contributed by atoms with Gasteiger partial charge in [-0.15, -0.1) is 11.8 Å². The molecule has 0 aliphatic rings. The van der Waals surface area contributed by atoms with Crippen molar-refractivity contribution >= 4 is 23.5 Å². The van der Waals surface area contributed by atoms with Crippen molar-refractivity contribution in [1.29, 1.82) is 0 Å². The van der Waals surface area contributed by atoms with Gasteiger partial charge >= 0.3 is 5.97 Å². The molecular weight excluding hydrogens is 252 g/mol. The van der Waals surface area contributed by atoms with E-state index < -0.39 is 0 Å². The average Bonchev–Trinajstić information content (AvgIpc) is 2.40. The Kier molecular flexibility index (Phi) is 6.45. The van der Waals surface area contributed by atoms with Gasteiger partial charge in [0.05, 0.1) is 13.5 Å². The van der Waals surface area contributed by atoms with E-state index in [4.69, 9.17) is 5.84 Å². The molecule has 0 fully saturated rings. The van der Waals surface area contributed by atoms with Gasteiger partial charge in [0.25, 0.3) is 0 Å². The molecule has 1 rings (SSSR count). The van der Waals surface area contributed by atoms with Gasteiger partial charge in [0.2, 0.25) is 0 Å². The molecule has 3 N–H and O–H groups in total. The van der Waals surface area contributed by atoms with Crippen LogP contribution in [0.1, 0.15) is 25.3 Å². The lowest BCUT2D eigenvalue weighted by atomic mass is 10.2. The number of esters is 1. The maximum absolute atomic E-state index is 11.0. The Balaban J connectivity index is 2.71. The number of ether oxygens (including phenoxy) is 1. The minimum Gasteiger partial charge on any atom is -0.469 e. The standard InChI is InChI=1S/C11H18N4O2S/c1-3-4-8-10(15-12)13-7-14-11(8)18-6-5-9(16)17-2/h7H,3-6,12H2,1-2H3,(H,13,14,15). The van der Waals surface area contributed by atoms with Crippen LogP contribution in [0, 0.1) is 0 Å². The minimum atomic E-state index is -0.217. The molecule has 1 aromatic heterocycles. The van der Waals surface area contributed by atoms with Crippen LogP contribution in [0.4, 0.5) is 5.82 Å². The molecule has 18 heavy (non-hydrogen) atoms. The third-order valence-electron chi connectivity index (χ3n) is 2.32. The molecule has 1 heterocycles. The lowest BCUT2D eigenvalue weighted by molar-refractivity contribution is -0.140. The smallest absolute Gasteiger partial charge is 0.306 e. The molecule has 1 aromatic rings. The topological polar surface area (TPSA) is 90.1 Å². The van der Waals surface area contributed by atoms with E-state index in [1.54, 1.807) is 0 Å². The zero-order valence-corrected chi connectivity index (χ0v) is 11.4. The summed E-state index contributed by atoms with van der Waals surface area (Å²) in [4.78, 5) is 19.4. The third-order valence-corrected chi connectivity index (χ3v) is 3.35. The molecule has 0 unspecified atom stereocenters. The summed E-state index contributed by atoms with van der Waals surface area (Å²) in [6.07, 6.45) is 3.66. The zero-order valence-electron chi connectivity index (χ0n) is 10.6. The summed E-state index contributed by atoms with van der Waals surface area (Å²) in [5.74, 6) is 6.48. The summed E-state index contributed by atoms with van der Waals surface area (Å²) in [5, 5.41) is 0.865. The Morgan fingerprint density at radius 2 is 2.33 bits per heavy atom. The van der Waals surface area contributed by atoms with Gasteiger partial charge < -0.3 is 10.2 Å². The normalized spacial score (nSPS) is 10.2. The number of aromatic nitrogens is 2. The number of carbonyl (C=O) groups is 1. The predicted molar refractivity (Wildman–Crippen MR) is 71.2 cm³/mol. The van der Waals surface area contributed by atoms with Gasteiger partial charge in [-0.2, -0.15) is 0 Å². The molecule has 0 aliphatic carbocycles. The van der Waals surface area contributed by atoms with Crippen molar-refractivity contribution in [3.8, 4) is 0 Å². The van der Waals surface area contributed by atoms with E-state index in [0.717, 1.165) is 23.4 Å². The van der Waals surface area contributed by atoms with Crippen molar-refractivity contribution in [2.45, 2.75) is 31.2 Å². The number of hydrazine groups is 1. The van der Waals surface area contributed by atoms with Gasteiger partial charge in [-0.05, 0) is 6.42 Å². The molecule has 7 heteroatoms. The van der Waals surface area contributed by atoms with Gasteiger partial charge in [0.1, 0.15) is 17.2 Å². The highest BCUT2D eigenvalue weighted by atomic mass is 32.2. The Bertz CT molecular complexity index is 401. The molecule has 0 saturated carbocycles. The molecule has 0 atom stereocenters. The second-order valence-corrected chi connectivity index (χ2v) is 4.66. The number of thioether (sulfide) groups is 1. The maximum atomic E-state index is 11.0. The summed E-state index contributed by atoms with van der Waals surface area (Å²) in [6, 6.07) is 0. The van der Waals surface area contributed by atoms with E-state index >= 15 is 0 Å². The van der Waals surface area contributed by atoms with Crippen LogP contribution in [0.2, 0.25) is 0 Å². The van der Waals surface area contributed by atoms with Gasteiger partial charge in [-0.25, -0.2) is 15.8 Å². The van der Waals surface area contributed by atoms with E-state index in [-0.39, 0.29) is 5.97 Å². The fourth-order valence-electron chi connectivity index (χ4n) is 1.45. The number of rotatable bonds is 7. The van der Waals surface area contributed by atoms with E-state index in [9.17, 15) is 4.79 Å². The monoisotopic (exact) mass is 270 g/mol. The number of nitrogens with one attached hydrogen (secondary N) is 1. The highest BCUT2D eigenvalue weighted by molar-refractivity contribution is 7.99.